The molecular formula is C21H24Cl2N2O2S. The zero-order valence-electron chi connectivity index (χ0n) is 16.0. The van der Waals surface area contributed by atoms with Crippen molar-refractivity contribution in [1.82, 2.24) is 10.2 Å². The lowest BCUT2D eigenvalue weighted by Crippen LogP contribution is -2.48. The monoisotopic (exact) mass is 438 g/mol. The van der Waals surface area contributed by atoms with Gasteiger partial charge in [-0.3, -0.25) is 9.59 Å². The first-order chi connectivity index (χ1) is 13.4. The van der Waals surface area contributed by atoms with Crippen LogP contribution in [-0.4, -0.2) is 42.1 Å². The molecule has 150 valence electrons. The van der Waals surface area contributed by atoms with Crippen LogP contribution in [0.3, 0.4) is 0 Å². The Kier molecular flexibility index (Phi) is 9.16. The van der Waals surface area contributed by atoms with Gasteiger partial charge in [0, 0.05) is 29.4 Å². The first-order valence-electron chi connectivity index (χ1n) is 8.99. The van der Waals surface area contributed by atoms with Gasteiger partial charge in [0.15, 0.2) is 0 Å². The summed E-state index contributed by atoms with van der Waals surface area (Å²) in [6.07, 6.45) is 0.689. The summed E-state index contributed by atoms with van der Waals surface area (Å²) in [6.45, 7) is 2.22. The van der Waals surface area contributed by atoms with Gasteiger partial charge < -0.3 is 10.2 Å². The fraction of sp³-hybridized carbons (Fsp3) is 0.333. The molecule has 7 heteroatoms. The molecule has 2 amide bonds. The number of likely N-dealkylation sites (N-methyl/N-ethyl adjacent to an activating group) is 1. The second kappa shape index (κ2) is 11.3. The topological polar surface area (TPSA) is 49.4 Å². The lowest BCUT2D eigenvalue weighted by molar-refractivity contribution is -0.137. The molecule has 0 aliphatic heterocycles. The molecule has 0 saturated carbocycles. The Morgan fingerprint density at radius 2 is 1.71 bits per heavy atom. The Labute approximate surface area is 180 Å². The largest absolute Gasteiger partial charge is 0.357 e. The van der Waals surface area contributed by atoms with Crippen molar-refractivity contribution >= 4 is 46.8 Å². The maximum atomic E-state index is 12.8. The first-order valence-corrected chi connectivity index (χ1v) is 10.9. The molecule has 1 atom stereocenters. The first kappa shape index (κ1) is 22.6. The molecule has 2 aromatic carbocycles. The van der Waals surface area contributed by atoms with E-state index in [0.717, 1.165) is 11.1 Å². The van der Waals surface area contributed by atoms with Crippen LogP contribution in [0, 0.1) is 0 Å². The fourth-order valence-electron chi connectivity index (χ4n) is 2.77. The van der Waals surface area contributed by atoms with Crippen LogP contribution in [0.4, 0.5) is 0 Å². The van der Waals surface area contributed by atoms with Gasteiger partial charge in [-0.25, -0.2) is 0 Å². The third-order valence-corrected chi connectivity index (χ3v) is 6.08. The molecule has 0 aliphatic rings. The highest BCUT2D eigenvalue weighted by Gasteiger charge is 2.25. The van der Waals surface area contributed by atoms with Crippen LogP contribution < -0.4 is 5.32 Å². The number of thioether (sulfide) groups is 1. The van der Waals surface area contributed by atoms with Crippen LogP contribution >= 0.6 is 35.0 Å². The number of amides is 2. The number of hydrogen-bond donors (Lipinski definition) is 1. The zero-order valence-corrected chi connectivity index (χ0v) is 18.3. The lowest BCUT2D eigenvalue weighted by atomic mass is 10.1. The van der Waals surface area contributed by atoms with E-state index in [4.69, 9.17) is 23.2 Å². The number of carbonyl (C=O) groups excluding carboxylic acids is 2. The van der Waals surface area contributed by atoms with Crippen molar-refractivity contribution in [2.24, 2.45) is 0 Å². The van der Waals surface area contributed by atoms with Crippen molar-refractivity contribution in [3.8, 4) is 0 Å². The lowest BCUT2D eigenvalue weighted by Gasteiger charge is -2.28. The van der Waals surface area contributed by atoms with Crippen LogP contribution in [0.2, 0.25) is 10.0 Å². The molecule has 0 aliphatic carbocycles. The summed E-state index contributed by atoms with van der Waals surface area (Å²) in [6, 6.07) is 14.7. The summed E-state index contributed by atoms with van der Waals surface area (Å²) < 4.78 is 0. The second-order valence-electron chi connectivity index (χ2n) is 6.31. The van der Waals surface area contributed by atoms with E-state index >= 15 is 0 Å². The summed E-state index contributed by atoms with van der Waals surface area (Å²) in [5.74, 6) is 0.517. The quantitative estimate of drug-likeness (QED) is 0.629. The van der Waals surface area contributed by atoms with Crippen molar-refractivity contribution in [3.05, 3.63) is 69.7 Å². The minimum atomic E-state index is -0.536. The molecule has 0 radical (unpaired) electrons. The van der Waals surface area contributed by atoms with Crippen molar-refractivity contribution in [1.29, 1.82) is 0 Å². The maximum Gasteiger partial charge on any atom is 0.242 e. The van der Waals surface area contributed by atoms with Gasteiger partial charge in [0.05, 0.1) is 5.75 Å². The Balaban J connectivity index is 2.00. The summed E-state index contributed by atoms with van der Waals surface area (Å²) in [5, 5.41) is 3.80. The SMILES string of the molecule is CNC(=O)C(C)N(CCc1ccccc1)C(=O)CSCc1c(Cl)cccc1Cl. The average molecular weight is 439 g/mol. The molecule has 0 heterocycles. The van der Waals surface area contributed by atoms with Crippen molar-refractivity contribution in [2.75, 3.05) is 19.3 Å². The zero-order chi connectivity index (χ0) is 20.5. The minimum absolute atomic E-state index is 0.0831. The van der Waals surface area contributed by atoms with Gasteiger partial charge in [-0.15, -0.1) is 11.8 Å². The van der Waals surface area contributed by atoms with Crippen LogP contribution in [-0.2, 0) is 21.8 Å². The number of rotatable bonds is 9. The molecule has 4 nitrogen and oxygen atoms in total. The number of halogens is 2. The molecule has 0 aromatic heterocycles. The predicted molar refractivity (Wildman–Crippen MR) is 118 cm³/mol. The highest BCUT2D eigenvalue weighted by Crippen LogP contribution is 2.28. The predicted octanol–water partition coefficient (Wildman–Crippen LogP) is 4.43. The van der Waals surface area contributed by atoms with Crippen LogP contribution in [0.15, 0.2) is 48.5 Å². The highest BCUT2D eigenvalue weighted by molar-refractivity contribution is 7.99. The Morgan fingerprint density at radius 3 is 2.32 bits per heavy atom. The van der Waals surface area contributed by atoms with Gasteiger partial charge >= 0.3 is 0 Å². The van der Waals surface area contributed by atoms with Gasteiger partial charge in [0.1, 0.15) is 6.04 Å². The van der Waals surface area contributed by atoms with Crippen molar-refractivity contribution in [3.63, 3.8) is 0 Å². The Morgan fingerprint density at radius 1 is 1.07 bits per heavy atom. The standard InChI is InChI=1S/C21H24Cl2N2O2S/c1-15(21(27)24-2)25(12-11-16-7-4-3-5-8-16)20(26)14-28-13-17-18(22)9-6-10-19(17)23/h3-10,15H,11-14H2,1-2H3,(H,24,27). The van der Waals surface area contributed by atoms with E-state index in [1.165, 1.54) is 11.8 Å². The third kappa shape index (κ3) is 6.43. The number of hydrogen-bond acceptors (Lipinski definition) is 3. The number of carbonyl (C=O) groups is 2. The van der Waals surface area contributed by atoms with Crippen molar-refractivity contribution < 1.29 is 9.59 Å². The van der Waals surface area contributed by atoms with E-state index in [1.807, 2.05) is 30.3 Å². The summed E-state index contributed by atoms with van der Waals surface area (Å²) in [4.78, 5) is 26.6. The molecule has 0 saturated heterocycles. The highest BCUT2D eigenvalue weighted by atomic mass is 35.5. The number of nitrogens with one attached hydrogen (secondary N) is 1. The molecular weight excluding hydrogens is 415 g/mol. The molecule has 0 bridgehead atoms. The van der Waals surface area contributed by atoms with Crippen molar-refractivity contribution in [2.45, 2.75) is 25.1 Å². The fourth-order valence-corrected chi connectivity index (χ4v) is 4.42. The normalized spacial score (nSPS) is 11.7. The molecule has 2 aromatic rings. The van der Waals surface area contributed by atoms with E-state index in [2.05, 4.69) is 5.32 Å². The summed E-state index contributed by atoms with van der Waals surface area (Å²) >= 11 is 13.8. The van der Waals surface area contributed by atoms with Gasteiger partial charge in [0.2, 0.25) is 11.8 Å². The van der Waals surface area contributed by atoms with Gasteiger partial charge in [-0.1, -0.05) is 59.6 Å². The third-order valence-electron chi connectivity index (χ3n) is 4.43. The average Bonchev–Trinajstić information content (AvgIpc) is 2.70. The number of benzene rings is 2. The number of nitrogens with zero attached hydrogens (tertiary/aromatic N) is 1. The Bertz CT molecular complexity index is 782. The van der Waals surface area contributed by atoms with E-state index in [-0.39, 0.29) is 17.6 Å². The van der Waals surface area contributed by atoms with E-state index in [1.54, 1.807) is 37.1 Å². The van der Waals surface area contributed by atoms with E-state index < -0.39 is 6.04 Å². The Hall–Kier alpha value is -1.69. The molecule has 0 fully saturated rings. The summed E-state index contributed by atoms with van der Waals surface area (Å²) in [5.41, 5.74) is 1.94. The van der Waals surface area contributed by atoms with E-state index in [0.29, 0.717) is 28.8 Å². The molecule has 28 heavy (non-hydrogen) atoms. The minimum Gasteiger partial charge on any atom is -0.357 e. The van der Waals surface area contributed by atoms with Gasteiger partial charge in [-0.2, -0.15) is 0 Å². The molecule has 0 spiro atoms. The second-order valence-corrected chi connectivity index (χ2v) is 8.11. The maximum absolute atomic E-state index is 12.8. The smallest absolute Gasteiger partial charge is 0.242 e. The van der Waals surface area contributed by atoms with Gasteiger partial charge in [-0.05, 0) is 36.6 Å². The van der Waals surface area contributed by atoms with Crippen LogP contribution in [0.1, 0.15) is 18.1 Å². The molecule has 2 rings (SSSR count). The van der Waals surface area contributed by atoms with Gasteiger partial charge in [0.25, 0.3) is 0 Å². The van der Waals surface area contributed by atoms with Crippen LogP contribution in [0.5, 0.6) is 0 Å². The van der Waals surface area contributed by atoms with E-state index in [9.17, 15) is 9.59 Å². The molecule has 1 unspecified atom stereocenters. The summed E-state index contributed by atoms with van der Waals surface area (Å²) in [7, 11) is 1.58. The molecule has 1 N–H and O–H groups in total. The van der Waals surface area contributed by atoms with Crippen LogP contribution in [0.25, 0.3) is 0 Å².